The van der Waals surface area contributed by atoms with Gasteiger partial charge in [-0.3, -0.25) is 5.32 Å². The molecule has 0 spiro atoms. The topological polar surface area (TPSA) is 78.9 Å². The van der Waals surface area contributed by atoms with Crippen molar-refractivity contribution in [3.8, 4) is 0 Å². The molecule has 0 atom stereocenters. The van der Waals surface area contributed by atoms with Crippen molar-refractivity contribution in [2.75, 3.05) is 10.6 Å². The molecule has 22 heavy (non-hydrogen) atoms. The standard InChI is InChI=1S/C14H13Cl2N5O/c15-8-1-4-10(16)11(7-8)18-12-5-6-13(21-20-12)19-14(22)17-9-2-3-9/h1,4-7,9H,2-3H2,(H,18,20)(H2,17,19,21,22). The summed E-state index contributed by atoms with van der Waals surface area (Å²) in [7, 11) is 0. The molecule has 8 heteroatoms. The highest BCUT2D eigenvalue weighted by Crippen LogP contribution is 2.27. The van der Waals surface area contributed by atoms with Gasteiger partial charge in [0.2, 0.25) is 0 Å². The van der Waals surface area contributed by atoms with E-state index in [-0.39, 0.29) is 6.03 Å². The first-order valence-electron chi connectivity index (χ1n) is 6.73. The Morgan fingerprint density at radius 3 is 2.50 bits per heavy atom. The molecule has 0 bridgehead atoms. The molecule has 3 rings (SSSR count). The third kappa shape index (κ3) is 3.99. The van der Waals surface area contributed by atoms with E-state index in [1.807, 2.05) is 0 Å². The lowest BCUT2D eigenvalue weighted by Gasteiger charge is -2.09. The molecule has 0 saturated heterocycles. The van der Waals surface area contributed by atoms with Crippen LogP contribution in [0.4, 0.5) is 22.1 Å². The fraction of sp³-hybridized carbons (Fsp3) is 0.214. The number of nitrogens with one attached hydrogen (secondary N) is 3. The molecule has 6 nitrogen and oxygen atoms in total. The van der Waals surface area contributed by atoms with Crippen LogP contribution < -0.4 is 16.0 Å². The molecular weight excluding hydrogens is 325 g/mol. The Bertz CT molecular complexity index is 688. The zero-order valence-electron chi connectivity index (χ0n) is 11.4. The van der Waals surface area contributed by atoms with Gasteiger partial charge in [0.25, 0.3) is 0 Å². The van der Waals surface area contributed by atoms with Crippen molar-refractivity contribution in [1.82, 2.24) is 15.5 Å². The summed E-state index contributed by atoms with van der Waals surface area (Å²) in [5.41, 5.74) is 0.635. The van der Waals surface area contributed by atoms with Crippen LogP contribution in [-0.2, 0) is 0 Å². The predicted octanol–water partition coefficient (Wildman–Crippen LogP) is 3.81. The number of benzene rings is 1. The van der Waals surface area contributed by atoms with Gasteiger partial charge >= 0.3 is 6.03 Å². The smallest absolute Gasteiger partial charge is 0.320 e. The van der Waals surface area contributed by atoms with E-state index in [4.69, 9.17) is 23.2 Å². The first-order valence-corrected chi connectivity index (χ1v) is 7.49. The molecule has 0 unspecified atom stereocenters. The third-order valence-corrected chi connectivity index (χ3v) is 3.57. The highest BCUT2D eigenvalue weighted by Gasteiger charge is 2.23. The Balaban J connectivity index is 1.63. The molecule has 3 N–H and O–H groups in total. The van der Waals surface area contributed by atoms with E-state index < -0.39 is 0 Å². The molecular formula is C14H13Cl2N5O. The van der Waals surface area contributed by atoms with E-state index in [0.29, 0.717) is 33.4 Å². The Morgan fingerprint density at radius 1 is 1.09 bits per heavy atom. The average molecular weight is 338 g/mol. The van der Waals surface area contributed by atoms with Crippen LogP contribution in [0.25, 0.3) is 0 Å². The van der Waals surface area contributed by atoms with Crippen LogP contribution in [0.5, 0.6) is 0 Å². The molecule has 1 saturated carbocycles. The molecule has 114 valence electrons. The molecule has 1 heterocycles. The monoisotopic (exact) mass is 337 g/mol. The van der Waals surface area contributed by atoms with Crippen LogP contribution in [0.3, 0.4) is 0 Å². The van der Waals surface area contributed by atoms with Crippen molar-refractivity contribution < 1.29 is 4.79 Å². The first-order chi connectivity index (χ1) is 10.6. The van der Waals surface area contributed by atoms with Crippen LogP contribution in [0.2, 0.25) is 10.0 Å². The minimum atomic E-state index is -0.268. The molecule has 1 aromatic carbocycles. The van der Waals surface area contributed by atoms with Gasteiger partial charge < -0.3 is 10.6 Å². The number of nitrogens with zero attached hydrogens (tertiary/aromatic N) is 2. The molecule has 1 aliphatic carbocycles. The first kappa shape index (κ1) is 14.9. The summed E-state index contributed by atoms with van der Waals surface area (Å²) >= 11 is 12.0. The van der Waals surface area contributed by atoms with Crippen LogP contribution in [0.15, 0.2) is 30.3 Å². The fourth-order valence-corrected chi connectivity index (χ4v) is 2.10. The quantitative estimate of drug-likeness (QED) is 0.792. The summed E-state index contributed by atoms with van der Waals surface area (Å²) in [6, 6.07) is 8.46. The van der Waals surface area contributed by atoms with Crippen molar-refractivity contribution in [3.63, 3.8) is 0 Å². The molecule has 0 aliphatic heterocycles. The predicted molar refractivity (Wildman–Crippen MR) is 87.0 cm³/mol. The largest absolute Gasteiger partial charge is 0.337 e. The Hall–Kier alpha value is -2.05. The van der Waals surface area contributed by atoms with E-state index >= 15 is 0 Å². The van der Waals surface area contributed by atoms with Gasteiger partial charge in [-0.05, 0) is 43.2 Å². The Labute approximate surface area is 137 Å². The van der Waals surface area contributed by atoms with Crippen molar-refractivity contribution >= 4 is 46.6 Å². The van der Waals surface area contributed by atoms with Crippen molar-refractivity contribution in [2.45, 2.75) is 18.9 Å². The van der Waals surface area contributed by atoms with Crippen molar-refractivity contribution in [2.24, 2.45) is 0 Å². The highest BCUT2D eigenvalue weighted by molar-refractivity contribution is 6.35. The Morgan fingerprint density at radius 2 is 1.82 bits per heavy atom. The van der Waals surface area contributed by atoms with Gasteiger partial charge in [-0.1, -0.05) is 23.2 Å². The van der Waals surface area contributed by atoms with Gasteiger partial charge in [-0.15, -0.1) is 10.2 Å². The Kier molecular flexibility index (Phi) is 4.31. The maximum atomic E-state index is 11.6. The molecule has 0 radical (unpaired) electrons. The maximum Gasteiger partial charge on any atom is 0.320 e. The van der Waals surface area contributed by atoms with Gasteiger partial charge in [0.1, 0.15) is 0 Å². The van der Waals surface area contributed by atoms with Crippen LogP contribution in [0.1, 0.15) is 12.8 Å². The summed E-state index contributed by atoms with van der Waals surface area (Å²) in [6.45, 7) is 0. The van der Waals surface area contributed by atoms with E-state index in [1.54, 1.807) is 30.3 Å². The molecule has 1 aliphatic rings. The zero-order valence-corrected chi connectivity index (χ0v) is 12.9. The van der Waals surface area contributed by atoms with Gasteiger partial charge in [0.15, 0.2) is 11.6 Å². The minimum Gasteiger partial charge on any atom is -0.337 e. The minimum absolute atomic E-state index is 0.268. The fourth-order valence-electron chi connectivity index (χ4n) is 1.76. The van der Waals surface area contributed by atoms with E-state index in [2.05, 4.69) is 26.1 Å². The van der Waals surface area contributed by atoms with E-state index in [0.717, 1.165) is 12.8 Å². The normalized spacial score (nSPS) is 13.5. The van der Waals surface area contributed by atoms with Crippen LogP contribution >= 0.6 is 23.2 Å². The number of urea groups is 1. The second kappa shape index (κ2) is 6.37. The SMILES string of the molecule is O=C(Nc1ccc(Nc2cc(Cl)ccc2Cl)nn1)NC1CC1. The lowest BCUT2D eigenvalue weighted by Crippen LogP contribution is -2.30. The lowest BCUT2D eigenvalue weighted by molar-refractivity contribution is 0.251. The highest BCUT2D eigenvalue weighted by atomic mass is 35.5. The van der Waals surface area contributed by atoms with E-state index in [9.17, 15) is 4.79 Å². The number of hydrogen-bond acceptors (Lipinski definition) is 4. The number of carbonyl (C=O) groups excluding carboxylic acids is 1. The number of aromatic nitrogens is 2. The molecule has 2 aromatic rings. The van der Waals surface area contributed by atoms with Gasteiger partial charge in [-0.2, -0.15) is 0 Å². The summed E-state index contributed by atoms with van der Waals surface area (Å²) in [4.78, 5) is 11.6. The number of amides is 2. The number of halogens is 2. The zero-order chi connectivity index (χ0) is 15.5. The maximum absolute atomic E-state index is 11.6. The number of carbonyl (C=O) groups is 1. The summed E-state index contributed by atoms with van der Waals surface area (Å²) < 4.78 is 0. The summed E-state index contributed by atoms with van der Waals surface area (Å²) in [6.07, 6.45) is 2.06. The average Bonchev–Trinajstić information content (AvgIpc) is 3.29. The second-order valence-electron chi connectivity index (χ2n) is 4.93. The molecule has 2 amide bonds. The van der Waals surface area contributed by atoms with Gasteiger partial charge in [-0.25, -0.2) is 4.79 Å². The number of anilines is 3. The van der Waals surface area contributed by atoms with E-state index in [1.165, 1.54) is 0 Å². The lowest BCUT2D eigenvalue weighted by atomic mass is 10.3. The third-order valence-electron chi connectivity index (χ3n) is 3.01. The van der Waals surface area contributed by atoms with Crippen molar-refractivity contribution in [3.05, 3.63) is 40.4 Å². The molecule has 1 fully saturated rings. The number of rotatable bonds is 4. The summed E-state index contributed by atoms with van der Waals surface area (Å²) in [5, 5.41) is 17.5. The second-order valence-corrected chi connectivity index (χ2v) is 5.77. The van der Waals surface area contributed by atoms with Crippen LogP contribution in [0, 0.1) is 0 Å². The number of hydrogen-bond donors (Lipinski definition) is 3. The van der Waals surface area contributed by atoms with Crippen LogP contribution in [-0.4, -0.2) is 22.3 Å². The summed E-state index contributed by atoms with van der Waals surface area (Å²) in [5.74, 6) is 0.873. The van der Waals surface area contributed by atoms with Crippen molar-refractivity contribution in [1.29, 1.82) is 0 Å². The van der Waals surface area contributed by atoms with Gasteiger partial charge in [0.05, 0.1) is 10.7 Å². The van der Waals surface area contributed by atoms with Gasteiger partial charge in [0, 0.05) is 11.1 Å². The molecule has 1 aromatic heterocycles.